The summed E-state index contributed by atoms with van der Waals surface area (Å²) in [5.41, 5.74) is 5.02. The first-order chi connectivity index (χ1) is 17.2. The number of ether oxygens (including phenoxy) is 4. The second kappa shape index (κ2) is 7.75. The zero-order valence-electron chi connectivity index (χ0n) is 19.5. The highest BCUT2D eigenvalue weighted by Gasteiger charge is 2.31. The van der Waals surface area contributed by atoms with Crippen molar-refractivity contribution in [2.45, 2.75) is 19.4 Å². The second-order valence-electron chi connectivity index (χ2n) is 9.09. The average molecular weight is 529 g/mol. The fraction of sp³-hybridized carbons (Fsp3) is 0.207. The van der Waals surface area contributed by atoms with Crippen molar-refractivity contribution in [3.8, 4) is 23.0 Å². The van der Waals surface area contributed by atoms with Crippen molar-refractivity contribution in [1.82, 2.24) is 0 Å². The minimum absolute atomic E-state index is 0.262. The van der Waals surface area contributed by atoms with Gasteiger partial charge in [-0.05, 0) is 59.5 Å². The van der Waals surface area contributed by atoms with E-state index in [2.05, 4.69) is 69.2 Å². The quantitative estimate of drug-likeness (QED) is 0.209. The number of hydrogen-bond donors (Lipinski definition) is 0. The summed E-state index contributed by atoms with van der Waals surface area (Å²) in [5, 5.41) is 5.85. The highest BCUT2D eigenvalue weighted by molar-refractivity contribution is 9.10. The molecule has 2 aliphatic rings. The maximum absolute atomic E-state index is 6.06. The molecule has 6 heteroatoms. The van der Waals surface area contributed by atoms with Crippen LogP contribution in [0.5, 0.6) is 23.0 Å². The molecule has 5 aromatic rings. The van der Waals surface area contributed by atoms with Crippen LogP contribution < -0.4 is 23.5 Å². The lowest BCUT2D eigenvalue weighted by Gasteiger charge is -2.20. The van der Waals surface area contributed by atoms with Gasteiger partial charge >= 0.3 is 0 Å². The van der Waals surface area contributed by atoms with Gasteiger partial charge in [0.2, 0.25) is 12.3 Å². The van der Waals surface area contributed by atoms with Gasteiger partial charge in [0, 0.05) is 21.7 Å². The summed E-state index contributed by atoms with van der Waals surface area (Å²) in [6.45, 7) is 1.15. The van der Waals surface area contributed by atoms with Crippen LogP contribution in [0.2, 0.25) is 0 Å². The fourth-order valence-corrected chi connectivity index (χ4v) is 6.00. The molecular formula is C29H23BrNO4+. The van der Waals surface area contributed by atoms with Crippen LogP contribution in [0.15, 0.2) is 59.2 Å². The Bertz CT molecular complexity index is 1680. The molecule has 0 bridgehead atoms. The smallest absolute Gasteiger partial charge is 0.231 e. The van der Waals surface area contributed by atoms with Gasteiger partial charge in [-0.25, -0.2) is 0 Å². The third-order valence-electron chi connectivity index (χ3n) is 7.25. The van der Waals surface area contributed by atoms with E-state index in [-0.39, 0.29) is 6.79 Å². The number of nitrogens with zero attached hydrogens (tertiary/aromatic N) is 1. The van der Waals surface area contributed by atoms with Crippen molar-refractivity contribution in [3.05, 3.63) is 75.9 Å². The van der Waals surface area contributed by atoms with Gasteiger partial charge in [-0.3, -0.25) is 0 Å². The Morgan fingerprint density at radius 2 is 1.77 bits per heavy atom. The average Bonchev–Trinajstić information content (AvgIpc) is 3.35. The molecule has 0 aliphatic carbocycles. The van der Waals surface area contributed by atoms with Crippen LogP contribution in [0.1, 0.15) is 16.7 Å². The molecule has 0 N–H and O–H groups in total. The number of methoxy groups -OCH3 is 2. The first-order valence-corrected chi connectivity index (χ1v) is 12.5. The van der Waals surface area contributed by atoms with E-state index in [0.717, 1.165) is 57.6 Å². The van der Waals surface area contributed by atoms with Gasteiger partial charge in [-0.15, -0.1) is 0 Å². The monoisotopic (exact) mass is 528 g/mol. The predicted molar refractivity (Wildman–Crippen MR) is 139 cm³/mol. The molecule has 0 amide bonds. The van der Waals surface area contributed by atoms with Crippen LogP contribution in [0, 0.1) is 0 Å². The van der Waals surface area contributed by atoms with Crippen molar-refractivity contribution in [3.63, 3.8) is 0 Å². The molecular weight excluding hydrogens is 506 g/mol. The lowest BCUT2D eigenvalue weighted by Crippen LogP contribution is -2.38. The van der Waals surface area contributed by atoms with Crippen molar-refractivity contribution in [2.75, 3.05) is 21.0 Å². The molecule has 0 atom stereocenters. The number of pyridine rings is 1. The molecule has 0 saturated carbocycles. The third-order valence-corrected chi connectivity index (χ3v) is 7.78. The van der Waals surface area contributed by atoms with Crippen molar-refractivity contribution in [1.29, 1.82) is 0 Å². The normalized spacial score (nSPS) is 13.8. The van der Waals surface area contributed by atoms with E-state index in [0.29, 0.717) is 0 Å². The van der Waals surface area contributed by atoms with Crippen LogP contribution in [-0.2, 0) is 19.4 Å². The molecule has 5 nitrogen and oxygen atoms in total. The maximum Gasteiger partial charge on any atom is 0.231 e. The van der Waals surface area contributed by atoms with E-state index in [1.54, 1.807) is 14.2 Å². The SMILES string of the molecule is COc1ccc2c(c[n+]3c4c2cc(Cc2ccc(Br)cc2)c2c5c(cc(c24)CC3)OCO5)c1OC. The zero-order valence-corrected chi connectivity index (χ0v) is 21.1. The van der Waals surface area contributed by atoms with Crippen LogP contribution in [0.25, 0.3) is 32.4 Å². The topological polar surface area (TPSA) is 40.8 Å². The van der Waals surface area contributed by atoms with E-state index in [1.807, 2.05) is 6.07 Å². The van der Waals surface area contributed by atoms with E-state index in [9.17, 15) is 0 Å². The molecule has 0 saturated heterocycles. The van der Waals surface area contributed by atoms with Crippen LogP contribution in [0.4, 0.5) is 0 Å². The third kappa shape index (κ3) is 3.02. The molecule has 0 spiro atoms. The fourth-order valence-electron chi connectivity index (χ4n) is 5.74. The molecule has 0 fully saturated rings. The van der Waals surface area contributed by atoms with E-state index in [1.165, 1.54) is 38.4 Å². The van der Waals surface area contributed by atoms with Gasteiger partial charge in [0.25, 0.3) is 0 Å². The van der Waals surface area contributed by atoms with Gasteiger partial charge in [0.15, 0.2) is 35.7 Å². The molecule has 3 heterocycles. The molecule has 174 valence electrons. The molecule has 2 aliphatic heterocycles. The van der Waals surface area contributed by atoms with Crippen LogP contribution in [-0.4, -0.2) is 21.0 Å². The molecule has 4 aromatic carbocycles. The molecule has 1 aromatic heterocycles. The van der Waals surface area contributed by atoms with Gasteiger partial charge in [-0.2, -0.15) is 4.57 Å². The molecule has 0 unspecified atom stereocenters. The van der Waals surface area contributed by atoms with Gasteiger partial charge in [0.05, 0.1) is 30.4 Å². The number of aromatic nitrogens is 1. The number of benzene rings is 4. The van der Waals surface area contributed by atoms with E-state index < -0.39 is 0 Å². The van der Waals surface area contributed by atoms with Crippen molar-refractivity contribution >= 4 is 48.4 Å². The summed E-state index contributed by atoms with van der Waals surface area (Å²) < 4.78 is 26.8. The Morgan fingerprint density at radius 3 is 2.57 bits per heavy atom. The molecule has 0 radical (unpaired) electrons. The summed E-state index contributed by atoms with van der Waals surface area (Å²) in [4.78, 5) is 0. The first-order valence-electron chi connectivity index (χ1n) is 11.7. The van der Waals surface area contributed by atoms with Crippen molar-refractivity contribution in [2.24, 2.45) is 0 Å². The van der Waals surface area contributed by atoms with Gasteiger partial charge in [-0.1, -0.05) is 28.1 Å². The number of halogens is 1. The second-order valence-corrected chi connectivity index (χ2v) is 10.0. The first kappa shape index (κ1) is 20.8. The Labute approximate surface area is 210 Å². The largest absolute Gasteiger partial charge is 0.493 e. The Balaban J connectivity index is 1.63. The van der Waals surface area contributed by atoms with E-state index in [4.69, 9.17) is 18.9 Å². The summed E-state index contributed by atoms with van der Waals surface area (Å²) in [7, 11) is 3.39. The minimum atomic E-state index is 0.262. The summed E-state index contributed by atoms with van der Waals surface area (Å²) in [5.74, 6) is 3.22. The number of aryl methyl sites for hydroxylation is 2. The Kier molecular flexibility index (Phi) is 4.61. The molecule has 7 rings (SSSR count). The summed E-state index contributed by atoms with van der Waals surface area (Å²) in [6.07, 6.45) is 3.93. The Morgan fingerprint density at radius 1 is 0.914 bits per heavy atom. The number of hydrogen-bond acceptors (Lipinski definition) is 4. The summed E-state index contributed by atoms with van der Waals surface area (Å²) >= 11 is 3.56. The number of fused-ring (bicyclic) bond motifs is 4. The van der Waals surface area contributed by atoms with Crippen LogP contribution in [0.3, 0.4) is 0 Å². The minimum Gasteiger partial charge on any atom is -0.493 e. The number of rotatable bonds is 4. The molecule has 35 heavy (non-hydrogen) atoms. The standard InChI is InChI=1S/C29H23BrNO4/c1-32-23-8-7-20-21-12-18(11-16-3-5-19(30)6-4-16)26-25-17(13-24-29(26)35-15-34-24)9-10-31(27(21)25)14-22(20)28(23)33-2/h3-8,12-14H,9-11,15H2,1-2H3/q+1. The highest BCUT2D eigenvalue weighted by Crippen LogP contribution is 2.48. The predicted octanol–water partition coefficient (Wildman–Crippen LogP) is 6.09. The van der Waals surface area contributed by atoms with Crippen LogP contribution >= 0.6 is 15.9 Å². The van der Waals surface area contributed by atoms with Crippen molar-refractivity contribution < 1.29 is 23.5 Å². The highest BCUT2D eigenvalue weighted by atomic mass is 79.9. The zero-order chi connectivity index (χ0) is 23.7. The lowest BCUT2D eigenvalue weighted by atomic mass is 9.88. The summed E-state index contributed by atoms with van der Waals surface area (Å²) in [6, 6.07) is 17.2. The lowest BCUT2D eigenvalue weighted by molar-refractivity contribution is -0.670. The van der Waals surface area contributed by atoms with E-state index >= 15 is 0 Å². The van der Waals surface area contributed by atoms with Gasteiger partial charge < -0.3 is 18.9 Å². The maximum atomic E-state index is 6.06. The Hall–Kier alpha value is -3.51. The van der Waals surface area contributed by atoms with Gasteiger partial charge in [0.1, 0.15) is 0 Å².